The number of hydrogen-bond donors (Lipinski definition) is 2. The molecule has 2 heterocycles. The van der Waals surface area contributed by atoms with Crippen molar-refractivity contribution < 1.29 is 14.8 Å². The first-order valence-corrected chi connectivity index (χ1v) is 9.22. The summed E-state index contributed by atoms with van der Waals surface area (Å²) in [7, 11) is 0. The molecular formula is C20H20N4O4. The topological polar surface area (TPSA) is 112 Å². The number of nitrogens with zero attached hydrogens (tertiary/aromatic N) is 3. The van der Waals surface area contributed by atoms with E-state index in [1.54, 1.807) is 4.90 Å². The van der Waals surface area contributed by atoms with E-state index in [2.05, 4.69) is 22.1 Å². The molecule has 2 aromatic carbocycles. The zero-order valence-corrected chi connectivity index (χ0v) is 15.2. The Hall–Kier alpha value is -3.42. The van der Waals surface area contributed by atoms with Crippen molar-refractivity contribution in [1.29, 1.82) is 0 Å². The fraction of sp³-hybridized carbons (Fsp3) is 0.300. The number of likely N-dealkylation sites (tertiary alicyclic amines) is 1. The number of rotatable bonds is 4. The molecule has 0 unspecified atom stereocenters. The summed E-state index contributed by atoms with van der Waals surface area (Å²) < 4.78 is 0. The molecule has 28 heavy (non-hydrogen) atoms. The third-order valence-electron chi connectivity index (χ3n) is 5.26. The Balaban J connectivity index is 1.47. The normalized spacial score (nSPS) is 15.1. The lowest BCUT2D eigenvalue weighted by Crippen LogP contribution is -2.39. The van der Waals surface area contributed by atoms with Crippen LogP contribution in [0.15, 0.2) is 42.5 Å². The molecule has 1 fully saturated rings. The Morgan fingerprint density at radius 3 is 2.61 bits per heavy atom. The van der Waals surface area contributed by atoms with E-state index in [4.69, 9.17) is 0 Å². The number of aromatic hydroxyl groups is 1. The monoisotopic (exact) mass is 380 g/mol. The number of aromatic amines is 1. The van der Waals surface area contributed by atoms with E-state index in [1.165, 1.54) is 17.7 Å². The van der Waals surface area contributed by atoms with Crippen LogP contribution in [0.5, 0.6) is 5.75 Å². The Morgan fingerprint density at radius 2 is 1.93 bits per heavy atom. The molecule has 144 valence electrons. The molecule has 8 nitrogen and oxygen atoms in total. The van der Waals surface area contributed by atoms with Crippen molar-refractivity contribution in [3.05, 3.63) is 64.0 Å². The van der Waals surface area contributed by atoms with Crippen LogP contribution in [0.2, 0.25) is 0 Å². The number of nitro groups is 1. The van der Waals surface area contributed by atoms with Crippen LogP contribution < -0.4 is 0 Å². The highest BCUT2D eigenvalue weighted by atomic mass is 16.6. The lowest BCUT2D eigenvalue weighted by molar-refractivity contribution is -0.384. The predicted octanol–water partition coefficient (Wildman–Crippen LogP) is 3.27. The number of aromatic nitrogens is 2. The van der Waals surface area contributed by atoms with Gasteiger partial charge in [-0.2, -0.15) is 0 Å². The summed E-state index contributed by atoms with van der Waals surface area (Å²) in [5.41, 5.74) is 1.16. The number of nitro benzene ring substituents is 1. The van der Waals surface area contributed by atoms with Crippen molar-refractivity contribution in [3.63, 3.8) is 0 Å². The molecule has 0 radical (unpaired) electrons. The maximum absolute atomic E-state index is 12.8. The summed E-state index contributed by atoms with van der Waals surface area (Å²) in [6.45, 7) is 1.25. The summed E-state index contributed by atoms with van der Waals surface area (Å²) >= 11 is 0. The van der Waals surface area contributed by atoms with Crippen LogP contribution in [0.4, 0.5) is 5.69 Å². The first-order valence-electron chi connectivity index (χ1n) is 9.22. The molecule has 0 aliphatic carbocycles. The number of carbonyl (C=O) groups excluding carboxylic acids is 1. The highest BCUT2D eigenvalue weighted by molar-refractivity contribution is 5.97. The molecule has 0 spiro atoms. The number of fused-ring (bicyclic) bond motifs is 1. The molecule has 3 aromatic rings. The quantitative estimate of drug-likeness (QED) is 0.533. The van der Waals surface area contributed by atoms with Gasteiger partial charge >= 0.3 is 5.69 Å². The zero-order chi connectivity index (χ0) is 19.7. The van der Waals surface area contributed by atoms with Gasteiger partial charge in [0, 0.05) is 13.1 Å². The first-order chi connectivity index (χ1) is 13.5. The van der Waals surface area contributed by atoms with Crippen molar-refractivity contribution in [3.8, 4) is 5.75 Å². The molecule has 0 bridgehead atoms. The third kappa shape index (κ3) is 3.40. The number of piperidine rings is 1. The minimum absolute atomic E-state index is 0.00712. The van der Waals surface area contributed by atoms with Crippen LogP contribution in [-0.4, -0.2) is 43.9 Å². The van der Waals surface area contributed by atoms with Gasteiger partial charge in [-0.15, -0.1) is 0 Å². The largest absolute Gasteiger partial charge is 0.502 e. The van der Waals surface area contributed by atoms with Crippen LogP contribution in [0, 0.1) is 16.0 Å². The molecule has 2 N–H and O–H groups in total. The Kier molecular flexibility index (Phi) is 4.68. The minimum atomic E-state index is -0.693. The maximum Gasteiger partial charge on any atom is 0.338 e. The molecule has 4 rings (SSSR count). The SMILES string of the molecule is O=C(c1nc2c([N+](=O)[O-])c(O)ccc2[nH]1)N1CCC(Cc2ccccc2)CC1. The Morgan fingerprint density at radius 1 is 1.21 bits per heavy atom. The maximum atomic E-state index is 12.8. The van der Waals surface area contributed by atoms with Crippen molar-refractivity contribution in [2.45, 2.75) is 19.3 Å². The van der Waals surface area contributed by atoms with Gasteiger partial charge in [0.05, 0.1) is 10.4 Å². The van der Waals surface area contributed by atoms with Crippen molar-refractivity contribution >= 4 is 22.6 Å². The number of H-pyrrole nitrogens is 1. The Labute approximate surface area is 161 Å². The van der Waals surface area contributed by atoms with Gasteiger partial charge in [0.15, 0.2) is 17.1 Å². The Bertz CT molecular complexity index is 1020. The van der Waals surface area contributed by atoms with Gasteiger partial charge in [-0.25, -0.2) is 4.98 Å². The van der Waals surface area contributed by atoms with Crippen LogP contribution in [-0.2, 0) is 6.42 Å². The van der Waals surface area contributed by atoms with Crippen LogP contribution in [0.25, 0.3) is 11.0 Å². The van der Waals surface area contributed by atoms with E-state index >= 15 is 0 Å². The number of amides is 1. The van der Waals surface area contributed by atoms with Gasteiger partial charge in [0.1, 0.15) is 0 Å². The molecule has 0 atom stereocenters. The molecule has 1 aliphatic heterocycles. The van der Waals surface area contributed by atoms with Crippen molar-refractivity contribution in [2.75, 3.05) is 13.1 Å². The van der Waals surface area contributed by atoms with E-state index in [0.717, 1.165) is 19.3 Å². The number of benzene rings is 2. The summed E-state index contributed by atoms with van der Waals surface area (Å²) in [6.07, 6.45) is 2.81. The fourth-order valence-electron chi connectivity index (χ4n) is 3.77. The lowest BCUT2D eigenvalue weighted by Gasteiger charge is -2.31. The summed E-state index contributed by atoms with van der Waals surface area (Å²) in [5.74, 6) is -0.154. The van der Waals surface area contributed by atoms with E-state index in [0.29, 0.717) is 24.5 Å². The second-order valence-electron chi connectivity index (χ2n) is 7.10. The molecule has 1 amide bonds. The number of phenolic OH excluding ortho intramolecular Hbond substituents is 1. The van der Waals surface area contributed by atoms with Crippen molar-refractivity contribution in [2.24, 2.45) is 5.92 Å². The second-order valence-corrected chi connectivity index (χ2v) is 7.10. The lowest BCUT2D eigenvalue weighted by atomic mass is 9.90. The van der Waals surface area contributed by atoms with Gasteiger partial charge in [-0.3, -0.25) is 14.9 Å². The fourth-order valence-corrected chi connectivity index (χ4v) is 3.77. The number of phenols is 1. The minimum Gasteiger partial charge on any atom is -0.502 e. The standard InChI is InChI=1S/C20H20N4O4/c25-16-7-6-15-17(18(16)24(27)28)22-19(21-15)20(26)23-10-8-14(9-11-23)12-13-4-2-1-3-5-13/h1-7,14,25H,8-12H2,(H,21,22). The van der Waals surface area contributed by atoms with Crippen LogP contribution in [0.3, 0.4) is 0 Å². The predicted molar refractivity (Wildman–Crippen MR) is 103 cm³/mol. The number of imidazole rings is 1. The second kappa shape index (κ2) is 7.30. The smallest absolute Gasteiger partial charge is 0.338 e. The average molecular weight is 380 g/mol. The van der Waals surface area contributed by atoms with Crippen molar-refractivity contribution in [1.82, 2.24) is 14.9 Å². The summed E-state index contributed by atoms with van der Waals surface area (Å²) in [6, 6.07) is 13.0. The molecule has 1 aromatic heterocycles. The molecular weight excluding hydrogens is 360 g/mol. The number of nitrogens with one attached hydrogen (secondary N) is 1. The highest BCUT2D eigenvalue weighted by Crippen LogP contribution is 2.33. The molecule has 8 heteroatoms. The van der Waals surface area contributed by atoms with E-state index < -0.39 is 16.4 Å². The van der Waals surface area contributed by atoms with Crippen LogP contribution in [0.1, 0.15) is 29.0 Å². The van der Waals surface area contributed by atoms with E-state index in [9.17, 15) is 20.0 Å². The molecule has 0 saturated carbocycles. The molecule has 1 saturated heterocycles. The highest BCUT2D eigenvalue weighted by Gasteiger charge is 2.28. The van der Waals surface area contributed by atoms with Gasteiger partial charge < -0.3 is 15.0 Å². The van der Waals surface area contributed by atoms with Crippen LogP contribution >= 0.6 is 0 Å². The average Bonchev–Trinajstić information content (AvgIpc) is 3.12. The summed E-state index contributed by atoms with van der Waals surface area (Å²) in [4.78, 5) is 32.0. The zero-order valence-electron chi connectivity index (χ0n) is 15.2. The number of carbonyl (C=O) groups is 1. The third-order valence-corrected chi connectivity index (χ3v) is 5.26. The number of hydrogen-bond acceptors (Lipinski definition) is 5. The van der Waals surface area contributed by atoms with E-state index in [1.807, 2.05) is 18.2 Å². The van der Waals surface area contributed by atoms with Gasteiger partial charge in [-0.1, -0.05) is 30.3 Å². The summed E-state index contributed by atoms with van der Waals surface area (Å²) in [5, 5.41) is 20.9. The van der Waals surface area contributed by atoms with E-state index in [-0.39, 0.29) is 17.2 Å². The van der Waals surface area contributed by atoms with Gasteiger partial charge in [0.2, 0.25) is 0 Å². The van der Waals surface area contributed by atoms with Gasteiger partial charge in [-0.05, 0) is 42.9 Å². The first kappa shape index (κ1) is 18.0. The molecule has 1 aliphatic rings. The van der Waals surface area contributed by atoms with Gasteiger partial charge in [0.25, 0.3) is 5.91 Å².